The minimum Gasteiger partial charge on any atom is -0.508 e. The lowest BCUT2D eigenvalue weighted by molar-refractivity contribution is 0.0931. The summed E-state index contributed by atoms with van der Waals surface area (Å²) >= 11 is 0. The molecule has 0 unspecified atom stereocenters. The normalized spacial score (nSPS) is 11.8. The van der Waals surface area contributed by atoms with Crippen LogP contribution in [0.5, 0.6) is 5.75 Å². The van der Waals surface area contributed by atoms with E-state index in [0.29, 0.717) is 18.6 Å². The third kappa shape index (κ3) is 4.37. The summed E-state index contributed by atoms with van der Waals surface area (Å²) in [7, 11) is 0. The Bertz CT molecular complexity index is 814. The summed E-state index contributed by atoms with van der Waals surface area (Å²) in [5.41, 5.74) is 3.58. The zero-order chi connectivity index (χ0) is 20.1. The predicted molar refractivity (Wildman–Crippen MR) is 113 cm³/mol. The standard InChI is InChI=1S/C25H32O2/c1-6-24(27,7-2)17-16-20-10-11-22(18-19(20)5)25(8-3,9-4)21-12-14-23(26)15-13-21/h10-15,18,26-27H,6-9H2,1-5H3. The average molecular weight is 365 g/mol. The zero-order valence-electron chi connectivity index (χ0n) is 17.3. The van der Waals surface area contributed by atoms with Gasteiger partial charge in [-0.15, -0.1) is 0 Å². The molecule has 2 aromatic carbocycles. The molecule has 0 saturated carbocycles. The van der Waals surface area contributed by atoms with E-state index in [1.54, 1.807) is 12.1 Å². The van der Waals surface area contributed by atoms with Gasteiger partial charge in [-0.2, -0.15) is 0 Å². The Balaban J connectivity index is 2.48. The van der Waals surface area contributed by atoms with Crippen LogP contribution in [0.4, 0.5) is 0 Å². The number of hydrogen-bond acceptors (Lipinski definition) is 2. The van der Waals surface area contributed by atoms with Gasteiger partial charge in [-0.3, -0.25) is 0 Å². The van der Waals surface area contributed by atoms with Crippen molar-refractivity contribution in [1.82, 2.24) is 0 Å². The molecule has 0 aliphatic rings. The molecule has 2 aromatic rings. The van der Waals surface area contributed by atoms with Crippen molar-refractivity contribution >= 4 is 0 Å². The molecule has 0 aliphatic carbocycles. The van der Waals surface area contributed by atoms with Crippen molar-refractivity contribution in [3.63, 3.8) is 0 Å². The summed E-state index contributed by atoms with van der Waals surface area (Å²) in [6.07, 6.45) is 3.21. The van der Waals surface area contributed by atoms with E-state index >= 15 is 0 Å². The largest absolute Gasteiger partial charge is 0.508 e. The molecule has 0 radical (unpaired) electrons. The van der Waals surface area contributed by atoms with Crippen molar-refractivity contribution in [3.05, 3.63) is 64.7 Å². The molecule has 0 spiro atoms. The van der Waals surface area contributed by atoms with Gasteiger partial charge in [-0.25, -0.2) is 0 Å². The highest BCUT2D eigenvalue weighted by atomic mass is 16.3. The number of phenolic OH excluding ortho intramolecular Hbond substituents is 1. The van der Waals surface area contributed by atoms with E-state index in [0.717, 1.165) is 24.0 Å². The van der Waals surface area contributed by atoms with Crippen LogP contribution in [-0.4, -0.2) is 15.8 Å². The van der Waals surface area contributed by atoms with E-state index in [9.17, 15) is 10.2 Å². The third-order valence-electron chi connectivity index (χ3n) is 6.01. The number of benzene rings is 2. The fourth-order valence-electron chi connectivity index (χ4n) is 3.73. The maximum absolute atomic E-state index is 10.4. The Morgan fingerprint density at radius 3 is 1.85 bits per heavy atom. The zero-order valence-corrected chi connectivity index (χ0v) is 17.3. The first-order valence-electron chi connectivity index (χ1n) is 10.00. The molecule has 144 valence electrons. The van der Waals surface area contributed by atoms with Crippen molar-refractivity contribution in [2.24, 2.45) is 0 Å². The van der Waals surface area contributed by atoms with Crippen LogP contribution < -0.4 is 0 Å². The Hall–Kier alpha value is -2.24. The van der Waals surface area contributed by atoms with E-state index in [2.05, 4.69) is 50.8 Å². The molecule has 2 nitrogen and oxygen atoms in total. The second-order valence-electron chi connectivity index (χ2n) is 7.35. The highest BCUT2D eigenvalue weighted by molar-refractivity contribution is 5.49. The molecular formula is C25H32O2. The number of hydrogen-bond donors (Lipinski definition) is 2. The third-order valence-corrected chi connectivity index (χ3v) is 6.01. The van der Waals surface area contributed by atoms with Gasteiger partial charge in [0.15, 0.2) is 0 Å². The van der Waals surface area contributed by atoms with Crippen LogP contribution in [0.2, 0.25) is 0 Å². The molecule has 0 aromatic heterocycles. The first-order valence-corrected chi connectivity index (χ1v) is 10.00. The van der Waals surface area contributed by atoms with Crippen LogP contribution in [0.1, 0.15) is 75.6 Å². The molecule has 0 saturated heterocycles. The SMILES string of the molecule is CCC(O)(C#Cc1ccc(C(CC)(CC)c2ccc(O)cc2)cc1C)CC. The minimum atomic E-state index is -0.909. The maximum Gasteiger partial charge on any atom is 0.125 e. The molecule has 0 atom stereocenters. The van der Waals surface area contributed by atoms with Crippen LogP contribution in [-0.2, 0) is 5.41 Å². The highest BCUT2D eigenvalue weighted by Crippen LogP contribution is 2.39. The van der Waals surface area contributed by atoms with Gasteiger partial charge >= 0.3 is 0 Å². The Morgan fingerprint density at radius 1 is 0.815 bits per heavy atom. The van der Waals surface area contributed by atoms with E-state index in [-0.39, 0.29) is 5.41 Å². The van der Waals surface area contributed by atoms with Crippen LogP contribution >= 0.6 is 0 Å². The fourth-order valence-corrected chi connectivity index (χ4v) is 3.73. The Labute approximate surface area is 164 Å². The molecule has 27 heavy (non-hydrogen) atoms. The number of phenols is 1. The summed E-state index contributed by atoms with van der Waals surface area (Å²) in [5, 5.41) is 20.1. The molecule has 2 rings (SSSR count). The molecule has 0 bridgehead atoms. The summed E-state index contributed by atoms with van der Waals surface area (Å²) in [6, 6.07) is 14.0. The number of rotatable bonds is 6. The Kier molecular flexibility index (Phi) is 6.73. The van der Waals surface area contributed by atoms with Crippen LogP contribution in [0.25, 0.3) is 0 Å². The fraction of sp³-hybridized carbons (Fsp3) is 0.440. The second-order valence-corrected chi connectivity index (χ2v) is 7.35. The molecule has 0 amide bonds. The van der Waals surface area contributed by atoms with Gasteiger partial charge in [0.2, 0.25) is 0 Å². The quantitative estimate of drug-likeness (QED) is 0.645. The first-order chi connectivity index (χ1) is 12.8. The average Bonchev–Trinajstić information content (AvgIpc) is 2.69. The lowest BCUT2D eigenvalue weighted by Gasteiger charge is -2.33. The monoisotopic (exact) mass is 364 g/mol. The van der Waals surface area contributed by atoms with Crippen LogP contribution in [0.15, 0.2) is 42.5 Å². The molecular weight excluding hydrogens is 332 g/mol. The van der Waals surface area contributed by atoms with E-state index in [4.69, 9.17) is 0 Å². The molecule has 0 aliphatic heterocycles. The summed E-state index contributed by atoms with van der Waals surface area (Å²) in [4.78, 5) is 0. The van der Waals surface area contributed by atoms with Gasteiger partial charge in [0.25, 0.3) is 0 Å². The summed E-state index contributed by atoms with van der Waals surface area (Å²) in [6.45, 7) is 10.4. The van der Waals surface area contributed by atoms with Crippen molar-refractivity contribution < 1.29 is 10.2 Å². The summed E-state index contributed by atoms with van der Waals surface area (Å²) in [5.74, 6) is 6.53. The van der Waals surface area contributed by atoms with Crippen molar-refractivity contribution in [2.45, 2.75) is 71.3 Å². The van der Waals surface area contributed by atoms with E-state index < -0.39 is 5.60 Å². The number of aryl methyl sites for hydroxylation is 1. The van der Waals surface area contributed by atoms with Gasteiger partial charge in [0, 0.05) is 11.0 Å². The van der Waals surface area contributed by atoms with Gasteiger partial charge in [0.05, 0.1) is 0 Å². The van der Waals surface area contributed by atoms with Crippen LogP contribution in [0.3, 0.4) is 0 Å². The molecule has 2 N–H and O–H groups in total. The summed E-state index contributed by atoms with van der Waals surface area (Å²) < 4.78 is 0. The lowest BCUT2D eigenvalue weighted by Crippen LogP contribution is -2.26. The minimum absolute atomic E-state index is 0.0853. The maximum atomic E-state index is 10.4. The van der Waals surface area contributed by atoms with Crippen molar-refractivity contribution in [2.75, 3.05) is 0 Å². The van der Waals surface area contributed by atoms with Crippen LogP contribution in [0, 0.1) is 18.8 Å². The van der Waals surface area contributed by atoms with Crippen molar-refractivity contribution in [1.29, 1.82) is 0 Å². The van der Waals surface area contributed by atoms with Gasteiger partial charge < -0.3 is 10.2 Å². The first kappa shape index (κ1) is 21.1. The van der Waals surface area contributed by atoms with Gasteiger partial charge in [-0.05, 0) is 67.5 Å². The van der Waals surface area contributed by atoms with Gasteiger partial charge in [0.1, 0.15) is 11.4 Å². The molecule has 0 heterocycles. The molecule has 2 heteroatoms. The van der Waals surface area contributed by atoms with E-state index in [1.165, 1.54) is 11.1 Å². The molecule has 0 fully saturated rings. The predicted octanol–water partition coefficient (Wildman–Crippen LogP) is 5.71. The van der Waals surface area contributed by atoms with Gasteiger partial charge in [-0.1, -0.05) is 63.8 Å². The van der Waals surface area contributed by atoms with E-state index in [1.807, 2.05) is 26.0 Å². The van der Waals surface area contributed by atoms with Crippen molar-refractivity contribution in [3.8, 4) is 17.6 Å². The smallest absolute Gasteiger partial charge is 0.125 e. The number of aliphatic hydroxyl groups is 1. The highest BCUT2D eigenvalue weighted by Gasteiger charge is 2.31. The Morgan fingerprint density at radius 2 is 1.37 bits per heavy atom. The lowest BCUT2D eigenvalue weighted by atomic mass is 9.70. The second kappa shape index (κ2) is 8.63. The topological polar surface area (TPSA) is 40.5 Å². The number of aromatic hydroxyl groups is 1.